The van der Waals surface area contributed by atoms with E-state index in [0.717, 1.165) is 57.2 Å². The van der Waals surface area contributed by atoms with E-state index in [9.17, 15) is 0 Å². The molecule has 100 valence electrons. The molecule has 0 bridgehead atoms. The normalized spacial score (nSPS) is 17.1. The minimum atomic E-state index is 0.585. The average Bonchev–Trinajstić information content (AvgIpc) is 2.38. The van der Waals surface area contributed by atoms with E-state index in [4.69, 9.17) is 5.73 Å². The number of nitrogens with zero attached hydrogens (tertiary/aromatic N) is 4. The summed E-state index contributed by atoms with van der Waals surface area (Å²) in [6, 6.07) is 1.89. The van der Waals surface area contributed by atoms with Crippen molar-refractivity contribution in [1.29, 1.82) is 0 Å². The number of hydrogen-bond acceptors (Lipinski definition) is 5. The smallest absolute Gasteiger partial charge is 0.134 e. The lowest BCUT2D eigenvalue weighted by atomic mass is 10.3. The number of likely N-dealkylation sites (N-methyl/N-ethyl adjacent to an activating group) is 1. The fourth-order valence-corrected chi connectivity index (χ4v) is 2.29. The first kappa shape index (κ1) is 13.1. The molecule has 2 rings (SSSR count). The van der Waals surface area contributed by atoms with Crippen LogP contribution in [0.2, 0.25) is 0 Å². The summed E-state index contributed by atoms with van der Waals surface area (Å²) < 4.78 is 0. The second-order valence-electron chi connectivity index (χ2n) is 4.74. The third-order valence-corrected chi connectivity index (χ3v) is 3.40. The van der Waals surface area contributed by atoms with Gasteiger partial charge in [-0.1, -0.05) is 13.8 Å². The Hall–Kier alpha value is -1.36. The van der Waals surface area contributed by atoms with E-state index < -0.39 is 0 Å². The molecule has 0 spiro atoms. The maximum Gasteiger partial charge on any atom is 0.134 e. The highest BCUT2D eigenvalue weighted by atomic mass is 15.3. The molecule has 1 aliphatic rings. The molecule has 0 aromatic carbocycles. The van der Waals surface area contributed by atoms with Crippen LogP contribution in [-0.4, -0.2) is 47.6 Å². The standard InChI is InChI=1S/C13H23N5/c1-3-5-12-15-11(14)10-13(16-12)18-8-6-17(4-2)7-9-18/h10H,3-9H2,1-2H3,(H2,14,15,16). The number of rotatable bonds is 4. The number of aryl methyl sites for hydroxylation is 1. The molecule has 1 saturated heterocycles. The molecule has 1 fully saturated rings. The van der Waals surface area contributed by atoms with E-state index in [2.05, 4.69) is 33.6 Å². The highest BCUT2D eigenvalue weighted by Crippen LogP contribution is 2.16. The third-order valence-electron chi connectivity index (χ3n) is 3.40. The summed E-state index contributed by atoms with van der Waals surface area (Å²) in [7, 11) is 0. The van der Waals surface area contributed by atoms with E-state index in [1.165, 1.54) is 0 Å². The molecule has 1 aromatic rings. The Morgan fingerprint density at radius 1 is 1.17 bits per heavy atom. The van der Waals surface area contributed by atoms with Gasteiger partial charge in [-0.3, -0.25) is 0 Å². The highest BCUT2D eigenvalue weighted by molar-refractivity contribution is 5.47. The molecule has 5 heteroatoms. The van der Waals surface area contributed by atoms with Crippen molar-refractivity contribution in [2.24, 2.45) is 0 Å². The maximum absolute atomic E-state index is 5.86. The van der Waals surface area contributed by atoms with E-state index in [1.807, 2.05) is 6.07 Å². The minimum Gasteiger partial charge on any atom is -0.384 e. The van der Waals surface area contributed by atoms with Gasteiger partial charge in [-0.25, -0.2) is 9.97 Å². The number of aromatic nitrogens is 2. The zero-order valence-corrected chi connectivity index (χ0v) is 11.4. The van der Waals surface area contributed by atoms with Crippen molar-refractivity contribution in [3.8, 4) is 0 Å². The molecule has 18 heavy (non-hydrogen) atoms. The summed E-state index contributed by atoms with van der Waals surface area (Å²) in [5.74, 6) is 2.44. The fraction of sp³-hybridized carbons (Fsp3) is 0.692. The van der Waals surface area contributed by atoms with Crippen LogP contribution in [0, 0.1) is 0 Å². The van der Waals surface area contributed by atoms with Gasteiger partial charge in [0.2, 0.25) is 0 Å². The molecule has 5 nitrogen and oxygen atoms in total. The van der Waals surface area contributed by atoms with Crippen LogP contribution in [-0.2, 0) is 6.42 Å². The number of nitrogen functional groups attached to an aromatic ring is 1. The summed E-state index contributed by atoms with van der Waals surface area (Å²) in [5.41, 5.74) is 5.86. The molecule has 0 atom stereocenters. The van der Waals surface area contributed by atoms with Gasteiger partial charge >= 0.3 is 0 Å². The molecule has 0 radical (unpaired) electrons. The molecule has 1 aromatic heterocycles. The van der Waals surface area contributed by atoms with Gasteiger partial charge in [0.25, 0.3) is 0 Å². The van der Waals surface area contributed by atoms with Gasteiger partial charge in [0.1, 0.15) is 17.5 Å². The lowest BCUT2D eigenvalue weighted by molar-refractivity contribution is 0.270. The molecule has 2 N–H and O–H groups in total. The lowest BCUT2D eigenvalue weighted by Gasteiger charge is -2.34. The molecular formula is C13H23N5. The molecule has 0 saturated carbocycles. The molecule has 2 heterocycles. The van der Waals surface area contributed by atoms with Gasteiger partial charge in [0.15, 0.2) is 0 Å². The molecule has 0 amide bonds. The lowest BCUT2D eigenvalue weighted by Crippen LogP contribution is -2.46. The first-order valence-electron chi connectivity index (χ1n) is 6.83. The van der Waals surface area contributed by atoms with Crippen LogP contribution in [0.5, 0.6) is 0 Å². The predicted molar refractivity (Wildman–Crippen MR) is 74.8 cm³/mol. The van der Waals surface area contributed by atoms with Crippen LogP contribution in [0.3, 0.4) is 0 Å². The van der Waals surface area contributed by atoms with Crippen LogP contribution in [0.1, 0.15) is 26.1 Å². The Bertz CT molecular complexity index is 385. The first-order valence-corrected chi connectivity index (χ1v) is 6.83. The SMILES string of the molecule is CCCc1nc(N)cc(N2CCN(CC)CC2)n1. The number of anilines is 2. The van der Waals surface area contributed by atoms with Gasteiger partial charge in [-0.05, 0) is 13.0 Å². The van der Waals surface area contributed by atoms with Crippen LogP contribution in [0.4, 0.5) is 11.6 Å². The van der Waals surface area contributed by atoms with Crippen molar-refractivity contribution in [3.63, 3.8) is 0 Å². The Morgan fingerprint density at radius 2 is 1.89 bits per heavy atom. The molecule has 1 aliphatic heterocycles. The van der Waals surface area contributed by atoms with E-state index in [-0.39, 0.29) is 0 Å². The van der Waals surface area contributed by atoms with Gasteiger partial charge in [-0.15, -0.1) is 0 Å². The summed E-state index contributed by atoms with van der Waals surface area (Å²) in [6.07, 6.45) is 1.94. The summed E-state index contributed by atoms with van der Waals surface area (Å²) in [4.78, 5) is 13.7. The van der Waals surface area contributed by atoms with E-state index in [0.29, 0.717) is 5.82 Å². The third kappa shape index (κ3) is 3.10. The highest BCUT2D eigenvalue weighted by Gasteiger charge is 2.17. The zero-order valence-electron chi connectivity index (χ0n) is 11.4. The first-order chi connectivity index (χ1) is 8.72. The van der Waals surface area contributed by atoms with E-state index >= 15 is 0 Å². The van der Waals surface area contributed by atoms with Crippen molar-refractivity contribution in [2.45, 2.75) is 26.7 Å². The summed E-state index contributed by atoms with van der Waals surface area (Å²) in [5, 5.41) is 0. The van der Waals surface area contributed by atoms with E-state index in [1.54, 1.807) is 0 Å². The van der Waals surface area contributed by atoms with Crippen molar-refractivity contribution < 1.29 is 0 Å². The monoisotopic (exact) mass is 249 g/mol. The van der Waals surface area contributed by atoms with Crippen LogP contribution in [0.25, 0.3) is 0 Å². The average molecular weight is 249 g/mol. The second-order valence-corrected chi connectivity index (χ2v) is 4.74. The predicted octanol–water partition coefficient (Wildman–Crippen LogP) is 1.15. The zero-order chi connectivity index (χ0) is 13.0. The van der Waals surface area contributed by atoms with Crippen molar-refractivity contribution >= 4 is 11.6 Å². The Balaban J connectivity index is 2.08. The molecule has 0 aliphatic carbocycles. The Labute approximate surface area is 109 Å². The fourth-order valence-electron chi connectivity index (χ4n) is 2.29. The summed E-state index contributed by atoms with van der Waals surface area (Å²) in [6.45, 7) is 9.71. The van der Waals surface area contributed by atoms with Gasteiger partial charge in [0, 0.05) is 38.7 Å². The molecule has 0 unspecified atom stereocenters. The maximum atomic E-state index is 5.86. The number of piperazine rings is 1. The van der Waals surface area contributed by atoms with Crippen LogP contribution in [0.15, 0.2) is 6.07 Å². The van der Waals surface area contributed by atoms with Gasteiger partial charge < -0.3 is 15.5 Å². The topological polar surface area (TPSA) is 58.3 Å². The quantitative estimate of drug-likeness (QED) is 0.867. The van der Waals surface area contributed by atoms with Crippen molar-refractivity contribution in [1.82, 2.24) is 14.9 Å². The number of nitrogens with two attached hydrogens (primary N) is 1. The Morgan fingerprint density at radius 3 is 2.50 bits per heavy atom. The van der Waals surface area contributed by atoms with Gasteiger partial charge in [0.05, 0.1) is 0 Å². The van der Waals surface area contributed by atoms with Crippen LogP contribution < -0.4 is 10.6 Å². The second kappa shape index (κ2) is 6.00. The Kier molecular flexibility index (Phi) is 4.36. The minimum absolute atomic E-state index is 0.585. The van der Waals surface area contributed by atoms with Crippen molar-refractivity contribution in [2.75, 3.05) is 43.4 Å². The van der Waals surface area contributed by atoms with Gasteiger partial charge in [-0.2, -0.15) is 0 Å². The van der Waals surface area contributed by atoms with Crippen LogP contribution >= 0.6 is 0 Å². The largest absolute Gasteiger partial charge is 0.384 e. The molecular weight excluding hydrogens is 226 g/mol. The summed E-state index contributed by atoms with van der Waals surface area (Å²) >= 11 is 0. The van der Waals surface area contributed by atoms with Crippen molar-refractivity contribution in [3.05, 3.63) is 11.9 Å². The number of hydrogen-bond donors (Lipinski definition) is 1.